The van der Waals surface area contributed by atoms with Crippen molar-refractivity contribution in [1.82, 2.24) is 29.4 Å². The van der Waals surface area contributed by atoms with Crippen LogP contribution in [-0.2, 0) is 26.9 Å². The third-order valence-corrected chi connectivity index (χ3v) is 5.07. The third kappa shape index (κ3) is 4.24. The minimum Gasteiger partial charge on any atom is -0.300 e. The van der Waals surface area contributed by atoms with Crippen LogP contribution in [0.3, 0.4) is 0 Å². The van der Waals surface area contributed by atoms with E-state index in [0.29, 0.717) is 12.1 Å². The first kappa shape index (κ1) is 17.2. The Hall–Kier alpha value is -1.66. The van der Waals surface area contributed by atoms with Crippen LogP contribution in [0.25, 0.3) is 0 Å². The van der Waals surface area contributed by atoms with Gasteiger partial charge in [0, 0.05) is 64.8 Å². The van der Waals surface area contributed by atoms with Gasteiger partial charge in [-0.2, -0.15) is 10.2 Å². The molecule has 1 aliphatic rings. The number of nitrogens with zero attached hydrogens (tertiary/aromatic N) is 6. The Kier molecular flexibility index (Phi) is 5.36. The highest BCUT2D eigenvalue weighted by Gasteiger charge is 2.28. The Morgan fingerprint density at radius 2 is 1.38 bits per heavy atom. The van der Waals surface area contributed by atoms with Crippen LogP contribution in [-0.4, -0.2) is 67.6 Å². The molecule has 2 aromatic heterocycles. The number of rotatable bonds is 6. The van der Waals surface area contributed by atoms with Crippen molar-refractivity contribution in [3.05, 3.63) is 35.9 Å². The van der Waals surface area contributed by atoms with Crippen LogP contribution < -0.4 is 0 Å². The van der Waals surface area contributed by atoms with Crippen LogP contribution in [0.15, 0.2) is 24.8 Å². The first-order valence-corrected chi connectivity index (χ1v) is 8.94. The predicted molar refractivity (Wildman–Crippen MR) is 95.9 cm³/mol. The summed E-state index contributed by atoms with van der Waals surface area (Å²) in [5.41, 5.74) is 2.66. The largest absolute Gasteiger partial charge is 0.300 e. The molecule has 6 heteroatoms. The van der Waals surface area contributed by atoms with E-state index in [1.807, 2.05) is 35.9 Å². The molecule has 3 rings (SSSR count). The molecule has 1 aliphatic heterocycles. The molecule has 0 saturated carbocycles. The zero-order valence-electron chi connectivity index (χ0n) is 15.4. The van der Waals surface area contributed by atoms with E-state index < -0.39 is 0 Å². The lowest BCUT2D eigenvalue weighted by atomic mass is 10.1. The Morgan fingerprint density at radius 3 is 1.83 bits per heavy atom. The Labute approximate surface area is 145 Å². The van der Waals surface area contributed by atoms with Crippen LogP contribution in [0.5, 0.6) is 0 Å². The number of aryl methyl sites for hydroxylation is 2. The van der Waals surface area contributed by atoms with Gasteiger partial charge in [-0.25, -0.2) is 0 Å². The summed E-state index contributed by atoms with van der Waals surface area (Å²) in [4.78, 5) is 5.25. The second-order valence-corrected chi connectivity index (χ2v) is 7.24. The molecule has 0 spiro atoms. The van der Waals surface area contributed by atoms with Gasteiger partial charge in [-0.15, -0.1) is 0 Å². The van der Waals surface area contributed by atoms with E-state index in [-0.39, 0.29) is 0 Å². The third-order valence-electron chi connectivity index (χ3n) is 5.07. The monoisotopic (exact) mass is 330 g/mol. The SMILES string of the molecule is C[C@@H]1CN(CCc2cnn(C)c2)C[C@H](C)N1CCc1cnn(C)c1. The summed E-state index contributed by atoms with van der Waals surface area (Å²) in [6.07, 6.45) is 10.4. The van der Waals surface area contributed by atoms with Crippen LogP contribution >= 0.6 is 0 Å². The summed E-state index contributed by atoms with van der Waals surface area (Å²) in [5, 5.41) is 8.53. The van der Waals surface area contributed by atoms with Gasteiger partial charge in [-0.05, 0) is 37.8 Å². The molecule has 0 N–H and O–H groups in total. The van der Waals surface area contributed by atoms with Gasteiger partial charge in [0.05, 0.1) is 12.4 Å². The van der Waals surface area contributed by atoms with Crippen molar-refractivity contribution in [3.63, 3.8) is 0 Å². The van der Waals surface area contributed by atoms with Crippen molar-refractivity contribution >= 4 is 0 Å². The molecule has 2 aromatic rings. The van der Waals surface area contributed by atoms with Crippen LogP contribution in [0.1, 0.15) is 25.0 Å². The molecule has 1 fully saturated rings. The Morgan fingerprint density at radius 1 is 0.875 bits per heavy atom. The summed E-state index contributed by atoms with van der Waals surface area (Å²) in [7, 11) is 3.96. The molecular formula is C18H30N6. The van der Waals surface area contributed by atoms with Crippen molar-refractivity contribution in [2.45, 2.75) is 38.8 Å². The first-order valence-electron chi connectivity index (χ1n) is 8.94. The van der Waals surface area contributed by atoms with Crippen LogP contribution in [0, 0.1) is 0 Å². The molecule has 3 heterocycles. The van der Waals surface area contributed by atoms with Crippen molar-refractivity contribution in [1.29, 1.82) is 0 Å². The standard InChI is InChI=1S/C18H30N6/c1-15-11-23(7-5-17-9-19-21(3)13-17)12-16(2)24(15)8-6-18-10-20-22(4)14-18/h9-10,13-16H,5-8,11-12H2,1-4H3/t15-,16+. The van der Waals surface area contributed by atoms with Crippen molar-refractivity contribution in [3.8, 4) is 0 Å². The lowest BCUT2D eigenvalue weighted by Crippen LogP contribution is -2.57. The second-order valence-electron chi connectivity index (χ2n) is 7.24. The average Bonchev–Trinajstić information content (AvgIpc) is 3.13. The fraction of sp³-hybridized carbons (Fsp3) is 0.667. The summed E-state index contributed by atoms with van der Waals surface area (Å²) in [6.45, 7) is 9.25. The molecule has 0 amide bonds. The molecule has 0 bridgehead atoms. The molecule has 0 unspecified atom stereocenters. The smallest absolute Gasteiger partial charge is 0.0522 e. The quantitative estimate of drug-likeness (QED) is 0.801. The Balaban J connectivity index is 1.48. The lowest BCUT2D eigenvalue weighted by molar-refractivity contribution is 0.0405. The maximum Gasteiger partial charge on any atom is 0.0522 e. The molecule has 6 nitrogen and oxygen atoms in total. The van der Waals surface area contributed by atoms with Gasteiger partial charge >= 0.3 is 0 Å². The molecule has 0 aliphatic carbocycles. The minimum atomic E-state index is 0.597. The zero-order valence-corrected chi connectivity index (χ0v) is 15.4. The average molecular weight is 330 g/mol. The zero-order chi connectivity index (χ0) is 17.1. The van der Waals surface area contributed by atoms with Gasteiger partial charge in [0.25, 0.3) is 0 Å². The van der Waals surface area contributed by atoms with E-state index in [4.69, 9.17) is 0 Å². The molecule has 24 heavy (non-hydrogen) atoms. The highest BCUT2D eigenvalue weighted by molar-refractivity contribution is 5.05. The maximum absolute atomic E-state index is 4.27. The van der Waals surface area contributed by atoms with Gasteiger partial charge in [0.2, 0.25) is 0 Å². The highest BCUT2D eigenvalue weighted by atomic mass is 15.3. The summed E-state index contributed by atoms with van der Waals surface area (Å²) < 4.78 is 3.77. The topological polar surface area (TPSA) is 42.1 Å². The summed E-state index contributed by atoms with van der Waals surface area (Å²) >= 11 is 0. The van der Waals surface area contributed by atoms with Crippen molar-refractivity contribution < 1.29 is 0 Å². The maximum atomic E-state index is 4.27. The molecular weight excluding hydrogens is 300 g/mol. The van der Waals surface area contributed by atoms with Gasteiger partial charge in [-0.1, -0.05) is 0 Å². The predicted octanol–water partition coefficient (Wildman–Crippen LogP) is 1.33. The fourth-order valence-corrected chi connectivity index (χ4v) is 3.84. The van der Waals surface area contributed by atoms with Crippen LogP contribution in [0.4, 0.5) is 0 Å². The molecule has 132 valence electrons. The molecule has 1 saturated heterocycles. The molecule has 2 atom stereocenters. The minimum absolute atomic E-state index is 0.597. The van der Waals surface area contributed by atoms with Gasteiger partial charge < -0.3 is 0 Å². The number of hydrogen-bond donors (Lipinski definition) is 0. The van der Waals surface area contributed by atoms with Gasteiger partial charge in [-0.3, -0.25) is 19.2 Å². The van der Waals surface area contributed by atoms with Crippen LogP contribution in [0.2, 0.25) is 0 Å². The molecule has 0 radical (unpaired) electrons. The van der Waals surface area contributed by atoms with Crippen molar-refractivity contribution in [2.75, 3.05) is 26.2 Å². The van der Waals surface area contributed by atoms with E-state index in [2.05, 4.69) is 46.2 Å². The summed E-state index contributed by atoms with van der Waals surface area (Å²) in [5.74, 6) is 0. The van der Waals surface area contributed by atoms with E-state index in [1.54, 1.807) is 0 Å². The number of hydrogen-bond acceptors (Lipinski definition) is 4. The van der Waals surface area contributed by atoms with Gasteiger partial charge in [0.15, 0.2) is 0 Å². The number of aromatic nitrogens is 4. The Bertz CT molecular complexity index is 633. The van der Waals surface area contributed by atoms with E-state index >= 15 is 0 Å². The second kappa shape index (κ2) is 7.49. The van der Waals surface area contributed by atoms with Gasteiger partial charge in [0.1, 0.15) is 0 Å². The normalized spacial score (nSPS) is 23.0. The fourth-order valence-electron chi connectivity index (χ4n) is 3.84. The summed E-state index contributed by atoms with van der Waals surface area (Å²) in [6, 6.07) is 1.19. The van der Waals surface area contributed by atoms with E-state index in [0.717, 1.165) is 39.0 Å². The van der Waals surface area contributed by atoms with E-state index in [1.165, 1.54) is 11.1 Å². The first-order chi connectivity index (χ1) is 11.5. The molecule has 0 aromatic carbocycles. The number of piperazine rings is 1. The van der Waals surface area contributed by atoms with E-state index in [9.17, 15) is 0 Å². The lowest BCUT2D eigenvalue weighted by Gasteiger charge is -2.44. The van der Waals surface area contributed by atoms with Crippen molar-refractivity contribution in [2.24, 2.45) is 14.1 Å². The highest BCUT2D eigenvalue weighted by Crippen LogP contribution is 2.17.